The van der Waals surface area contributed by atoms with E-state index in [4.69, 9.17) is 4.74 Å². The van der Waals surface area contributed by atoms with Crippen molar-refractivity contribution in [1.29, 1.82) is 0 Å². The third-order valence-electron chi connectivity index (χ3n) is 4.68. The lowest BCUT2D eigenvalue weighted by atomic mass is 9.84. The van der Waals surface area contributed by atoms with Crippen LogP contribution in [-0.4, -0.2) is 32.1 Å². The number of nitrogens with one attached hydrogen (secondary N) is 2. The first-order valence-electron chi connectivity index (χ1n) is 8.88. The van der Waals surface area contributed by atoms with Gasteiger partial charge in [0, 0.05) is 13.0 Å². The highest BCUT2D eigenvalue weighted by Gasteiger charge is 2.21. The summed E-state index contributed by atoms with van der Waals surface area (Å²) in [5.74, 6) is 2.24. The minimum absolute atomic E-state index is 0.171. The van der Waals surface area contributed by atoms with E-state index in [-0.39, 0.29) is 5.91 Å². The van der Waals surface area contributed by atoms with Crippen molar-refractivity contribution in [3.05, 3.63) is 29.8 Å². The fourth-order valence-electron chi connectivity index (χ4n) is 3.29. The van der Waals surface area contributed by atoms with Crippen LogP contribution in [0.3, 0.4) is 0 Å². The molecule has 1 aliphatic heterocycles. The summed E-state index contributed by atoms with van der Waals surface area (Å²) in [6, 6.07) is 8.04. The zero-order valence-corrected chi connectivity index (χ0v) is 14.4. The number of ether oxygens (including phenoxy) is 1. The molecule has 0 radical (unpaired) electrons. The number of para-hydroxylation sites is 1. The van der Waals surface area contributed by atoms with Gasteiger partial charge in [-0.3, -0.25) is 4.79 Å². The molecule has 0 spiro atoms. The molecule has 1 unspecified atom stereocenters. The van der Waals surface area contributed by atoms with Crippen molar-refractivity contribution in [1.82, 2.24) is 10.6 Å². The van der Waals surface area contributed by atoms with E-state index in [1.54, 1.807) is 0 Å². The number of carbonyl (C=O) groups excluding carboxylic acids is 1. The molecule has 0 bridgehead atoms. The number of amides is 1. The fourth-order valence-corrected chi connectivity index (χ4v) is 3.29. The number of carbonyl (C=O) groups is 1. The summed E-state index contributed by atoms with van der Waals surface area (Å²) in [6.07, 6.45) is 3.83. The SMILES string of the molecule is CCOc1ccccc1CCNC(=O)CC(C)C1CCNCC1. The van der Waals surface area contributed by atoms with Crippen molar-refractivity contribution in [2.75, 3.05) is 26.2 Å². The second-order valence-electron chi connectivity index (χ2n) is 6.41. The topological polar surface area (TPSA) is 50.4 Å². The number of benzene rings is 1. The molecule has 0 aromatic heterocycles. The first kappa shape index (κ1) is 17.8. The van der Waals surface area contributed by atoms with E-state index in [0.29, 0.717) is 31.4 Å². The average molecular weight is 318 g/mol. The summed E-state index contributed by atoms with van der Waals surface area (Å²) in [4.78, 5) is 12.1. The minimum atomic E-state index is 0.171. The Morgan fingerprint density at radius 3 is 2.83 bits per heavy atom. The van der Waals surface area contributed by atoms with Crippen LogP contribution in [0.25, 0.3) is 0 Å². The minimum Gasteiger partial charge on any atom is -0.494 e. The van der Waals surface area contributed by atoms with Gasteiger partial charge in [-0.05, 0) is 62.7 Å². The molecule has 1 aromatic carbocycles. The van der Waals surface area contributed by atoms with Gasteiger partial charge < -0.3 is 15.4 Å². The molecule has 23 heavy (non-hydrogen) atoms. The Morgan fingerprint density at radius 1 is 1.35 bits per heavy atom. The largest absolute Gasteiger partial charge is 0.494 e. The molecule has 2 N–H and O–H groups in total. The second-order valence-corrected chi connectivity index (χ2v) is 6.41. The molecule has 1 aliphatic rings. The summed E-state index contributed by atoms with van der Waals surface area (Å²) in [7, 11) is 0. The predicted octanol–water partition coefficient (Wildman–Crippen LogP) is 2.77. The lowest BCUT2D eigenvalue weighted by molar-refractivity contribution is -0.122. The maximum atomic E-state index is 12.1. The van der Waals surface area contributed by atoms with Crippen molar-refractivity contribution in [3.8, 4) is 5.75 Å². The van der Waals surface area contributed by atoms with Crippen LogP contribution in [0.5, 0.6) is 5.75 Å². The van der Waals surface area contributed by atoms with Gasteiger partial charge in [0.2, 0.25) is 5.91 Å². The van der Waals surface area contributed by atoms with Gasteiger partial charge in [-0.15, -0.1) is 0 Å². The van der Waals surface area contributed by atoms with Crippen molar-refractivity contribution < 1.29 is 9.53 Å². The normalized spacial score (nSPS) is 16.8. The van der Waals surface area contributed by atoms with Gasteiger partial charge in [-0.2, -0.15) is 0 Å². The lowest BCUT2D eigenvalue weighted by Crippen LogP contribution is -2.34. The number of hydrogen-bond acceptors (Lipinski definition) is 3. The molecule has 128 valence electrons. The zero-order chi connectivity index (χ0) is 16.5. The maximum absolute atomic E-state index is 12.1. The molecule has 4 heteroatoms. The highest BCUT2D eigenvalue weighted by Crippen LogP contribution is 2.24. The van der Waals surface area contributed by atoms with Gasteiger partial charge >= 0.3 is 0 Å². The van der Waals surface area contributed by atoms with Crippen LogP contribution in [-0.2, 0) is 11.2 Å². The van der Waals surface area contributed by atoms with Crippen LogP contribution in [0.1, 0.15) is 38.7 Å². The lowest BCUT2D eigenvalue weighted by Gasteiger charge is -2.27. The molecule has 1 atom stereocenters. The number of piperidine rings is 1. The Labute approximate surface area is 140 Å². The highest BCUT2D eigenvalue weighted by molar-refractivity contribution is 5.76. The van der Waals surface area contributed by atoms with E-state index in [0.717, 1.165) is 30.8 Å². The van der Waals surface area contributed by atoms with Gasteiger partial charge in [0.25, 0.3) is 0 Å². The van der Waals surface area contributed by atoms with E-state index in [1.165, 1.54) is 12.8 Å². The summed E-state index contributed by atoms with van der Waals surface area (Å²) in [5, 5.41) is 6.44. The summed E-state index contributed by atoms with van der Waals surface area (Å²) >= 11 is 0. The van der Waals surface area contributed by atoms with E-state index >= 15 is 0 Å². The Hall–Kier alpha value is -1.55. The summed E-state index contributed by atoms with van der Waals surface area (Å²) < 4.78 is 5.62. The van der Waals surface area contributed by atoms with Gasteiger partial charge in [0.05, 0.1) is 6.61 Å². The van der Waals surface area contributed by atoms with Crippen LogP contribution in [0.4, 0.5) is 0 Å². The van der Waals surface area contributed by atoms with Crippen LogP contribution in [0, 0.1) is 11.8 Å². The number of hydrogen-bond donors (Lipinski definition) is 2. The van der Waals surface area contributed by atoms with Crippen molar-refractivity contribution in [3.63, 3.8) is 0 Å². The van der Waals surface area contributed by atoms with Gasteiger partial charge in [0.1, 0.15) is 5.75 Å². The van der Waals surface area contributed by atoms with Gasteiger partial charge in [0.15, 0.2) is 0 Å². The van der Waals surface area contributed by atoms with E-state index in [2.05, 4.69) is 23.6 Å². The fraction of sp³-hybridized carbons (Fsp3) is 0.632. The molecule has 1 saturated heterocycles. The quantitative estimate of drug-likeness (QED) is 0.775. The molecule has 0 aliphatic carbocycles. The summed E-state index contributed by atoms with van der Waals surface area (Å²) in [6.45, 7) is 7.70. The Bertz CT molecular complexity index is 484. The third-order valence-corrected chi connectivity index (χ3v) is 4.68. The predicted molar refractivity (Wildman–Crippen MR) is 93.7 cm³/mol. The smallest absolute Gasteiger partial charge is 0.220 e. The van der Waals surface area contributed by atoms with Gasteiger partial charge in [-0.25, -0.2) is 0 Å². The zero-order valence-electron chi connectivity index (χ0n) is 14.4. The number of rotatable bonds is 8. The average Bonchev–Trinajstić information content (AvgIpc) is 2.57. The van der Waals surface area contributed by atoms with Crippen LogP contribution >= 0.6 is 0 Å². The van der Waals surface area contributed by atoms with Crippen LogP contribution in [0.15, 0.2) is 24.3 Å². The standard InChI is InChI=1S/C19H30N2O2/c1-3-23-18-7-5-4-6-17(18)10-13-21-19(22)14-15(2)16-8-11-20-12-9-16/h4-7,15-16,20H,3,8-14H2,1-2H3,(H,21,22). The van der Waals surface area contributed by atoms with E-state index < -0.39 is 0 Å². The Morgan fingerprint density at radius 2 is 2.09 bits per heavy atom. The van der Waals surface area contributed by atoms with Crippen molar-refractivity contribution >= 4 is 5.91 Å². The van der Waals surface area contributed by atoms with E-state index in [1.807, 2.05) is 25.1 Å². The first-order valence-corrected chi connectivity index (χ1v) is 8.88. The van der Waals surface area contributed by atoms with Crippen LogP contribution < -0.4 is 15.4 Å². The molecule has 1 amide bonds. The van der Waals surface area contributed by atoms with Crippen molar-refractivity contribution in [2.24, 2.45) is 11.8 Å². The molecule has 1 heterocycles. The third kappa shape index (κ3) is 5.87. The van der Waals surface area contributed by atoms with Crippen LogP contribution in [0.2, 0.25) is 0 Å². The molecule has 4 nitrogen and oxygen atoms in total. The van der Waals surface area contributed by atoms with Crippen molar-refractivity contribution in [2.45, 2.75) is 39.5 Å². The molecule has 1 aromatic rings. The Kier molecular flexibility index (Phi) is 7.40. The monoisotopic (exact) mass is 318 g/mol. The second kappa shape index (κ2) is 9.56. The summed E-state index contributed by atoms with van der Waals surface area (Å²) in [5.41, 5.74) is 1.15. The Balaban J connectivity index is 1.72. The molecular formula is C19H30N2O2. The molecule has 0 saturated carbocycles. The highest BCUT2D eigenvalue weighted by atomic mass is 16.5. The first-order chi connectivity index (χ1) is 11.2. The van der Waals surface area contributed by atoms with E-state index in [9.17, 15) is 4.79 Å². The van der Waals surface area contributed by atoms with Gasteiger partial charge in [-0.1, -0.05) is 25.1 Å². The maximum Gasteiger partial charge on any atom is 0.220 e. The molecule has 1 fully saturated rings. The molecule has 2 rings (SSSR count). The molecular weight excluding hydrogens is 288 g/mol.